The molecule has 0 aromatic heterocycles. The molecule has 2 rings (SSSR count). The summed E-state index contributed by atoms with van der Waals surface area (Å²) in [5.41, 5.74) is 1.49. The van der Waals surface area contributed by atoms with E-state index in [1.807, 2.05) is 50.5 Å². The average Bonchev–Trinajstić information content (AvgIpc) is 2.55. The van der Waals surface area contributed by atoms with Gasteiger partial charge in [-0.05, 0) is 25.7 Å². The second-order valence-electron chi connectivity index (χ2n) is 5.34. The summed E-state index contributed by atoms with van der Waals surface area (Å²) >= 11 is 0. The smallest absolute Gasteiger partial charge is 0.289 e. The Labute approximate surface area is 135 Å². The molecule has 0 spiro atoms. The molecule has 0 aliphatic rings. The Morgan fingerprint density at radius 1 is 1.22 bits per heavy atom. The van der Waals surface area contributed by atoms with Gasteiger partial charge in [0, 0.05) is 12.6 Å². The molecular formula is C17H18N4O2. The van der Waals surface area contributed by atoms with Gasteiger partial charge in [0.1, 0.15) is 6.07 Å². The first kappa shape index (κ1) is 16.5. The van der Waals surface area contributed by atoms with Gasteiger partial charge in [-0.1, -0.05) is 36.4 Å². The van der Waals surface area contributed by atoms with Crippen molar-refractivity contribution >= 4 is 11.4 Å². The highest BCUT2D eigenvalue weighted by atomic mass is 16.6. The maximum Gasteiger partial charge on any atom is 0.289 e. The minimum Gasteiger partial charge on any atom is -0.382 e. The largest absolute Gasteiger partial charge is 0.382 e. The van der Waals surface area contributed by atoms with E-state index in [2.05, 4.69) is 10.2 Å². The molecule has 0 aliphatic heterocycles. The lowest BCUT2D eigenvalue weighted by Crippen LogP contribution is -2.27. The molecule has 0 saturated heterocycles. The molecular weight excluding hydrogens is 292 g/mol. The normalized spacial score (nSPS) is 11.7. The topological polar surface area (TPSA) is 82.2 Å². The molecule has 6 nitrogen and oxygen atoms in total. The summed E-state index contributed by atoms with van der Waals surface area (Å²) in [5.74, 6) is 0. The van der Waals surface area contributed by atoms with Crippen LogP contribution in [0.1, 0.15) is 17.2 Å². The van der Waals surface area contributed by atoms with Gasteiger partial charge >= 0.3 is 0 Å². The predicted octanol–water partition coefficient (Wildman–Crippen LogP) is 3.18. The molecule has 6 heteroatoms. The van der Waals surface area contributed by atoms with Crippen molar-refractivity contribution in [3.05, 3.63) is 69.8 Å². The summed E-state index contributed by atoms with van der Waals surface area (Å²) < 4.78 is 0. The van der Waals surface area contributed by atoms with Crippen molar-refractivity contribution in [1.29, 1.82) is 5.26 Å². The van der Waals surface area contributed by atoms with Crippen molar-refractivity contribution in [2.24, 2.45) is 0 Å². The zero-order valence-electron chi connectivity index (χ0n) is 13.1. The van der Waals surface area contributed by atoms with E-state index >= 15 is 0 Å². The van der Waals surface area contributed by atoms with Crippen molar-refractivity contribution in [3.8, 4) is 6.07 Å². The molecule has 2 aromatic carbocycles. The fraction of sp³-hybridized carbons (Fsp3) is 0.235. The van der Waals surface area contributed by atoms with E-state index in [1.165, 1.54) is 6.07 Å². The van der Waals surface area contributed by atoms with Crippen LogP contribution in [0.3, 0.4) is 0 Å². The van der Waals surface area contributed by atoms with Crippen molar-refractivity contribution < 1.29 is 4.92 Å². The highest BCUT2D eigenvalue weighted by Gasteiger charge is 2.19. The van der Waals surface area contributed by atoms with Crippen LogP contribution >= 0.6 is 0 Å². The molecule has 23 heavy (non-hydrogen) atoms. The first-order chi connectivity index (χ1) is 11.0. The lowest BCUT2D eigenvalue weighted by atomic mass is 10.1. The van der Waals surface area contributed by atoms with Gasteiger partial charge < -0.3 is 10.2 Å². The molecule has 0 heterocycles. The highest BCUT2D eigenvalue weighted by molar-refractivity contribution is 5.66. The van der Waals surface area contributed by atoms with E-state index in [-0.39, 0.29) is 17.3 Å². The van der Waals surface area contributed by atoms with E-state index in [9.17, 15) is 15.4 Å². The zero-order chi connectivity index (χ0) is 16.8. The SMILES string of the molecule is CN(C)[C@H](CNc1cccc([N+](=O)[O-])c1C#N)c1ccccc1. The van der Waals surface area contributed by atoms with Gasteiger partial charge in [-0.25, -0.2) is 0 Å². The van der Waals surface area contributed by atoms with Crippen LogP contribution in [0.4, 0.5) is 11.4 Å². The van der Waals surface area contributed by atoms with Crippen LogP contribution in [0.15, 0.2) is 48.5 Å². The van der Waals surface area contributed by atoms with Crippen molar-refractivity contribution in [1.82, 2.24) is 4.90 Å². The van der Waals surface area contributed by atoms with Crippen molar-refractivity contribution in [3.63, 3.8) is 0 Å². The number of benzene rings is 2. The predicted molar refractivity (Wildman–Crippen MR) is 89.2 cm³/mol. The molecule has 0 bridgehead atoms. The third-order valence-electron chi connectivity index (χ3n) is 3.64. The second kappa shape index (κ2) is 7.38. The van der Waals surface area contributed by atoms with Gasteiger partial charge in [-0.3, -0.25) is 10.1 Å². The summed E-state index contributed by atoms with van der Waals surface area (Å²) in [6.07, 6.45) is 0. The molecule has 0 amide bonds. The first-order valence-corrected chi connectivity index (χ1v) is 7.17. The fourth-order valence-electron chi connectivity index (χ4n) is 2.44. The first-order valence-electron chi connectivity index (χ1n) is 7.17. The summed E-state index contributed by atoms with van der Waals surface area (Å²) in [4.78, 5) is 12.5. The standard InChI is InChI=1S/C17H18N4O2/c1-20(2)17(13-7-4-3-5-8-13)12-19-15-9-6-10-16(21(22)23)14(15)11-18/h3-10,17,19H,12H2,1-2H3/t17-/m1/s1. The molecule has 2 aromatic rings. The number of nitro groups is 1. The van der Waals surface area contributed by atoms with E-state index in [0.29, 0.717) is 12.2 Å². The third kappa shape index (κ3) is 3.84. The molecule has 0 radical (unpaired) electrons. The molecule has 118 valence electrons. The van der Waals surface area contributed by atoms with E-state index in [1.54, 1.807) is 12.1 Å². The van der Waals surface area contributed by atoms with Crippen LogP contribution in [-0.2, 0) is 0 Å². The Bertz CT molecular complexity index is 723. The van der Waals surface area contributed by atoms with Crippen LogP contribution in [0.2, 0.25) is 0 Å². The fourth-order valence-corrected chi connectivity index (χ4v) is 2.44. The number of nitro benzene ring substituents is 1. The third-order valence-corrected chi connectivity index (χ3v) is 3.64. The number of nitriles is 1. The number of nitrogens with one attached hydrogen (secondary N) is 1. The summed E-state index contributed by atoms with van der Waals surface area (Å²) in [7, 11) is 3.94. The van der Waals surface area contributed by atoms with Gasteiger partial charge in [0.25, 0.3) is 5.69 Å². The van der Waals surface area contributed by atoms with E-state index in [0.717, 1.165) is 5.56 Å². The second-order valence-corrected chi connectivity index (χ2v) is 5.34. The number of hydrogen-bond donors (Lipinski definition) is 1. The molecule has 0 unspecified atom stereocenters. The van der Waals surface area contributed by atoms with Crippen molar-refractivity contribution in [2.45, 2.75) is 6.04 Å². The van der Waals surface area contributed by atoms with Crippen molar-refractivity contribution in [2.75, 3.05) is 26.0 Å². The van der Waals surface area contributed by atoms with Crippen LogP contribution in [0, 0.1) is 21.4 Å². The Balaban J connectivity index is 2.24. The number of nitrogens with zero attached hydrogens (tertiary/aromatic N) is 3. The minimum atomic E-state index is -0.537. The van der Waals surface area contributed by atoms with Crippen LogP contribution < -0.4 is 5.32 Å². The highest BCUT2D eigenvalue weighted by Crippen LogP contribution is 2.26. The molecule has 0 saturated carbocycles. The number of anilines is 1. The van der Waals surface area contributed by atoms with Crippen LogP contribution in [0.5, 0.6) is 0 Å². The summed E-state index contributed by atoms with van der Waals surface area (Å²) in [6.45, 7) is 0.535. The maximum atomic E-state index is 11.0. The molecule has 0 aliphatic carbocycles. The van der Waals surface area contributed by atoms with Gasteiger partial charge in [0.05, 0.1) is 16.7 Å². The number of hydrogen-bond acceptors (Lipinski definition) is 5. The zero-order valence-corrected chi connectivity index (χ0v) is 13.1. The van der Waals surface area contributed by atoms with Crippen LogP contribution in [0.25, 0.3) is 0 Å². The number of rotatable bonds is 6. The monoisotopic (exact) mass is 310 g/mol. The molecule has 1 N–H and O–H groups in total. The number of likely N-dealkylation sites (N-methyl/N-ethyl adjacent to an activating group) is 1. The minimum absolute atomic E-state index is 0.0584. The Hall–Kier alpha value is -2.91. The maximum absolute atomic E-state index is 11.0. The van der Waals surface area contributed by atoms with Crippen LogP contribution in [-0.4, -0.2) is 30.5 Å². The van der Waals surface area contributed by atoms with Gasteiger partial charge in [0.2, 0.25) is 0 Å². The van der Waals surface area contributed by atoms with E-state index < -0.39 is 4.92 Å². The Morgan fingerprint density at radius 3 is 2.48 bits per heavy atom. The lowest BCUT2D eigenvalue weighted by Gasteiger charge is -2.25. The van der Waals surface area contributed by atoms with E-state index in [4.69, 9.17) is 0 Å². The Morgan fingerprint density at radius 2 is 1.91 bits per heavy atom. The van der Waals surface area contributed by atoms with Gasteiger partial charge in [-0.15, -0.1) is 0 Å². The molecule has 1 atom stereocenters. The van der Waals surface area contributed by atoms with Gasteiger partial charge in [-0.2, -0.15) is 5.26 Å². The van der Waals surface area contributed by atoms with Gasteiger partial charge in [0.15, 0.2) is 5.56 Å². The summed E-state index contributed by atoms with van der Waals surface area (Å²) in [5, 5.41) is 23.4. The lowest BCUT2D eigenvalue weighted by molar-refractivity contribution is -0.385. The average molecular weight is 310 g/mol. The Kier molecular flexibility index (Phi) is 5.28. The summed E-state index contributed by atoms with van der Waals surface area (Å²) in [6, 6.07) is 16.6. The molecule has 0 fully saturated rings. The quantitative estimate of drug-likeness (QED) is 0.654.